The van der Waals surface area contributed by atoms with Crippen LogP contribution in [0.5, 0.6) is 0 Å². The number of nitrogens with zero attached hydrogens (tertiary/aromatic N) is 1. The van der Waals surface area contributed by atoms with Crippen LogP contribution >= 0.6 is 0 Å². The first kappa shape index (κ1) is 12.2. The van der Waals surface area contributed by atoms with Gasteiger partial charge in [-0.1, -0.05) is 6.08 Å². The Kier molecular flexibility index (Phi) is 5.36. The quantitative estimate of drug-likeness (QED) is 0.659. The maximum absolute atomic E-state index is 10.5. The Morgan fingerprint density at radius 3 is 3.13 bits per heavy atom. The molecular weight excluding hydrogens is 192 g/mol. The molecule has 1 aliphatic heterocycles. The van der Waals surface area contributed by atoms with Gasteiger partial charge in [-0.2, -0.15) is 0 Å². The van der Waals surface area contributed by atoms with Crippen LogP contribution in [0, 0.1) is 0 Å². The van der Waals surface area contributed by atoms with E-state index in [1.165, 1.54) is 0 Å². The van der Waals surface area contributed by atoms with Gasteiger partial charge in [0.1, 0.15) is 0 Å². The van der Waals surface area contributed by atoms with E-state index in [1.54, 1.807) is 0 Å². The fraction of sp³-hybridized carbons (Fsp3) is 0.727. The number of nitrogens with one attached hydrogen (secondary N) is 1. The summed E-state index contributed by atoms with van der Waals surface area (Å²) in [4.78, 5) is 12.8. The highest BCUT2D eigenvalue weighted by Crippen LogP contribution is 2.10. The van der Waals surface area contributed by atoms with E-state index in [2.05, 4.69) is 16.8 Å². The molecule has 0 aromatic heterocycles. The topological polar surface area (TPSA) is 52.6 Å². The molecule has 1 saturated heterocycles. The van der Waals surface area contributed by atoms with Crippen molar-refractivity contribution in [2.75, 3.05) is 26.2 Å². The minimum absolute atomic E-state index is 0.250. The molecule has 2 N–H and O–H groups in total. The third-order valence-corrected chi connectivity index (χ3v) is 2.75. The Bertz CT molecular complexity index is 219. The van der Waals surface area contributed by atoms with Crippen molar-refractivity contribution in [3.05, 3.63) is 12.7 Å². The molecule has 0 bridgehead atoms. The van der Waals surface area contributed by atoms with Crippen LogP contribution in [0.2, 0.25) is 0 Å². The number of rotatable bonds is 5. The molecule has 0 radical (unpaired) electrons. The first-order chi connectivity index (χ1) is 7.24. The number of carboxylic acid groups (broad SMARTS) is 1. The van der Waals surface area contributed by atoms with Crippen molar-refractivity contribution in [1.82, 2.24) is 10.2 Å². The molecule has 0 aromatic rings. The van der Waals surface area contributed by atoms with Crippen molar-refractivity contribution in [3.8, 4) is 0 Å². The summed E-state index contributed by atoms with van der Waals surface area (Å²) < 4.78 is 0. The fourth-order valence-corrected chi connectivity index (χ4v) is 1.97. The summed E-state index contributed by atoms with van der Waals surface area (Å²) in [5.74, 6) is -0.710. The molecule has 4 heteroatoms. The highest BCUT2D eigenvalue weighted by atomic mass is 16.4. The molecule has 0 aliphatic carbocycles. The monoisotopic (exact) mass is 212 g/mol. The zero-order valence-corrected chi connectivity index (χ0v) is 9.11. The van der Waals surface area contributed by atoms with Crippen molar-refractivity contribution in [3.63, 3.8) is 0 Å². The predicted molar refractivity (Wildman–Crippen MR) is 59.9 cm³/mol. The predicted octanol–water partition coefficient (Wildman–Crippen LogP) is 0.701. The molecule has 4 nitrogen and oxygen atoms in total. The molecule has 1 heterocycles. The van der Waals surface area contributed by atoms with E-state index in [0.717, 1.165) is 39.0 Å². The van der Waals surface area contributed by atoms with Gasteiger partial charge in [0.2, 0.25) is 0 Å². The van der Waals surface area contributed by atoms with Crippen LogP contribution in [0.25, 0.3) is 0 Å². The Balaban J connectivity index is 2.45. The Labute approximate surface area is 91.0 Å². The normalized spacial score (nSPS) is 23.3. The van der Waals surface area contributed by atoms with Gasteiger partial charge >= 0.3 is 5.97 Å². The Morgan fingerprint density at radius 1 is 1.67 bits per heavy atom. The van der Waals surface area contributed by atoms with E-state index in [0.29, 0.717) is 6.04 Å². The van der Waals surface area contributed by atoms with Gasteiger partial charge < -0.3 is 10.4 Å². The standard InChI is InChI=1S/C11H20N2O2/c1-2-7-13-8-3-6-12-9-10(13)4-5-11(14)15/h2,10,12H,1,3-9H2,(H,14,15). The van der Waals surface area contributed by atoms with Gasteiger partial charge in [-0.05, 0) is 19.4 Å². The lowest BCUT2D eigenvalue weighted by Crippen LogP contribution is -2.40. The van der Waals surface area contributed by atoms with Gasteiger partial charge in [0.15, 0.2) is 0 Å². The molecule has 15 heavy (non-hydrogen) atoms. The second-order valence-electron chi connectivity index (χ2n) is 3.93. The van der Waals surface area contributed by atoms with Gasteiger partial charge in [0.05, 0.1) is 0 Å². The van der Waals surface area contributed by atoms with Crippen LogP contribution in [0.15, 0.2) is 12.7 Å². The van der Waals surface area contributed by atoms with Crippen LogP contribution in [0.3, 0.4) is 0 Å². The van der Waals surface area contributed by atoms with Crippen LogP contribution in [0.1, 0.15) is 19.3 Å². The van der Waals surface area contributed by atoms with Gasteiger partial charge in [0, 0.05) is 32.1 Å². The number of aliphatic carboxylic acids is 1. The number of carbonyl (C=O) groups is 1. The van der Waals surface area contributed by atoms with E-state index >= 15 is 0 Å². The number of hydrogen-bond donors (Lipinski definition) is 2. The summed E-state index contributed by atoms with van der Waals surface area (Å²) in [5.41, 5.74) is 0. The van der Waals surface area contributed by atoms with Gasteiger partial charge in [-0.3, -0.25) is 9.69 Å². The van der Waals surface area contributed by atoms with Crippen LogP contribution < -0.4 is 5.32 Å². The molecular formula is C11H20N2O2. The van der Waals surface area contributed by atoms with E-state index in [9.17, 15) is 4.79 Å². The third-order valence-electron chi connectivity index (χ3n) is 2.75. The summed E-state index contributed by atoms with van der Waals surface area (Å²) in [6, 6.07) is 0.335. The zero-order valence-electron chi connectivity index (χ0n) is 9.11. The molecule has 0 spiro atoms. The average Bonchev–Trinajstić information content (AvgIpc) is 2.41. The van der Waals surface area contributed by atoms with Crippen LogP contribution in [-0.2, 0) is 4.79 Å². The molecule has 86 valence electrons. The number of carboxylic acids is 1. The minimum Gasteiger partial charge on any atom is -0.481 e. The molecule has 0 saturated carbocycles. The lowest BCUT2D eigenvalue weighted by atomic mass is 10.1. The SMILES string of the molecule is C=CCN1CCCNCC1CCC(=O)O. The van der Waals surface area contributed by atoms with E-state index in [-0.39, 0.29) is 6.42 Å². The highest BCUT2D eigenvalue weighted by molar-refractivity contribution is 5.66. The van der Waals surface area contributed by atoms with Crippen molar-refractivity contribution in [1.29, 1.82) is 0 Å². The van der Waals surface area contributed by atoms with Gasteiger partial charge in [0.25, 0.3) is 0 Å². The number of hydrogen-bond acceptors (Lipinski definition) is 3. The van der Waals surface area contributed by atoms with E-state index < -0.39 is 5.97 Å². The van der Waals surface area contributed by atoms with Crippen molar-refractivity contribution >= 4 is 5.97 Å². The first-order valence-electron chi connectivity index (χ1n) is 5.51. The van der Waals surface area contributed by atoms with Gasteiger partial charge in [-0.15, -0.1) is 6.58 Å². The summed E-state index contributed by atoms with van der Waals surface area (Å²) in [5, 5.41) is 12.0. The van der Waals surface area contributed by atoms with Crippen molar-refractivity contribution < 1.29 is 9.90 Å². The lowest BCUT2D eigenvalue weighted by molar-refractivity contribution is -0.137. The molecule has 1 fully saturated rings. The maximum Gasteiger partial charge on any atom is 0.303 e. The summed E-state index contributed by atoms with van der Waals surface area (Å²) in [6.07, 6.45) is 3.98. The molecule has 0 aromatic carbocycles. The summed E-state index contributed by atoms with van der Waals surface area (Å²) in [6.45, 7) is 7.54. The van der Waals surface area contributed by atoms with Gasteiger partial charge in [-0.25, -0.2) is 0 Å². The third kappa shape index (κ3) is 4.44. The van der Waals surface area contributed by atoms with Crippen molar-refractivity contribution in [2.24, 2.45) is 0 Å². The highest BCUT2D eigenvalue weighted by Gasteiger charge is 2.20. The largest absolute Gasteiger partial charge is 0.481 e. The maximum atomic E-state index is 10.5. The first-order valence-corrected chi connectivity index (χ1v) is 5.51. The Hall–Kier alpha value is -0.870. The summed E-state index contributed by atoms with van der Waals surface area (Å²) >= 11 is 0. The smallest absolute Gasteiger partial charge is 0.303 e. The molecule has 1 rings (SSSR count). The van der Waals surface area contributed by atoms with Crippen LogP contribution in [-0.4, -0.2) is 48.2 Å². The fourth-order valence-electron chi connectivity index (χ4n) is 1.97. The van der Waals surface area contributed by atoms with E-state index in [1.807, 2.05) is 6.08 Å². The molecule has 1 unspecified atom stereocenters. The molecule has 1 atom stereocenters. The molecule has 0 amide bonds. The average molecular weight is 212 g/mol. The zero-order chi connectivity index (χ0) is 11.1. The lowest BCUT2D eigenvalue weighted by Gasteiger charge is -2.28. The van der Waals surface area contributed by atoms with Crippen LogP contribution in [0.4, 0.5) is 0 Å². The Morgan fingerprint density at radius 2 is 2.47 bits per heavy atom. The second kappa shape index (κ2) is 6.58. The molecule has 1 aliphatic rings. The summed E-state index contributed by atoms with van der Waals surface area (Å²) in [7, 11) is 0. The van der Waals surface area contributed by atoms with E-state index in [4.69, 9.17) is 5.11 Å². The van der Waals surface area contributed by atoms with Crippen molar-refractivity contribution in [2.45, 2.75) is 25.3 Å². The minimum atomic E-state index is -0.710. The second-order valence-corrected chi connectivity index (χ2v) is 3.93.